The van der Waals surface area contributed by atoms with Crippen LogP contribution in [0.5, 0.6) is 5.75 Å². The molecule has 0 aliphatic heterocycles. The highest BCUT2D eigenvalue weighted by Crippen LogP contribution is 2.29. The molecule has 0 radical (unpaired) electrons. The number of rotatable bonds is 7. The number of hydrogen-bond acceptors (Lipinski definition) is 1. The molecule has 4 rings (SSSR count). The molecule has 0 fully saturated rings. The van der Waals surface area contributed by atoms with Gasteiger partial charge in [0.1, 0.15) is 5.82 Å². The maximum absolute atomic E-state index is 15.1. The first-order valence-electron chi connectivity index (χ1n) is 12.2. The van der Waals surface area contributed by atoms with Crippen molar-refractivity contribution in [3.05, 3.63) is 112 Å². The number of alkyl halides is 3. The number of unbranched alkanes of at least 4 members (excludes halogenated alkanes) is 1. The summed E-state index contributed by atoms with van der Waals surface area (Å²) in [6.07, 6.45) is -0.190. The highest BCUT2D eigenvalue weighted by molar-refractivity contribution is 5.85. The Kier molecular flexibility index (Phi) is 8.31. The van der Waals surface area contributed by atoms with Gasteiger partial charge in [-0.25, -0.2) is 13.2 Å². The van der Waals surface area contributed by atoms with Crippen LogP contribution >= 0.6 is 0 Å². The highest BCUT2D eigenvalue weighted by Gasteiger charge is 2.34. The van der Waals surface area contributed by atoms with Gasteiger partial charge in [0.05, 0.1) is 5.56 Å². The molecule has 0 spiro atoms. The molecule has 0 aliphatic rings. The van der Waals surface area contributed by atoms with Crippen LogP contribution in [-0.4, -0.2) is 6.36 Å². The zero-order valence-corrected chi connectivity index (χ0v) is 20.6. The maximum atomic E-state index is 15.1. The largest absolute Gasteiger partial charge is 0.573 e. The molecule has 0 heterocycles. The Labute approximate surface area is 217 Å². The molecule has 38 heavy (non-hydrogen) atoms. The number of hydrogen-bond donors (Lipinski definition) is 0. The van der Waals surface area contributed by atoms with E-state index in [9.17, 15) is 22.0 Å². The molecule has 0 aliphatic carbocycles. The van der Waals surface area contributed by atoms with E-state index < -0.39 is 29.6 Å². The Morgan fingerprint density at radius 3 is 1.95 bits per heavy atom. The summed E-state index contributed by atoms with van der Waals surface area (Å²) < 4.78 is 83.2. The van der Waals surface area contributed by atoms with Crippen LogP contribution in [0.2, 0.25) is 0 Å². The lowest BCUT2D eigenvalue weighted by atomic mass is 9.98. The van der Waals surface area contributed by atoms with Crippen molar-refractivity contribution < 1.29 is 31.1 Å². The smallest absolute Gasteiger partial charge is 0.399 e. The van der Waals surface area contributed by atoms with E-state index in [1.165, 1.54) is 23.6 Å². The van der Waals surface area contributed by atoms with E-state index in [0.717, 1.165) is 31.2 Å². The van der Waals surface area contributed by atoms with Crippen molar-refractivity contribution in [2.45, 2.75) is 45.4 Å². The van der Waals surface area contributed by atoms with E-state index in [2.05, 4.69) is 47.8 Å². The third kappa shape index (κ3) is 6.89. The number of fused-ring (bicyclic) bond motifs is 1. The second kappa shape index (κ2) is 11.6. The Morgan fingerprint density at radius 1 is 0.711 bits per heavy atom. The lowest BCUT2D eigenvalue weighted by Crippen LogP contribution is -2.19. The molecule has 0 saturated heterocycles. The first-order valence-corrected chi connectivity index (χ1v) is 12.2. The van der Waals surface area contributed by atoms with E-state index in [1.54, 1.807) is 12.1 Å². The second-order valence-corrected chi connectivity index (χ2v) is 8.97. The van der Waals surface area contributed by atoms with Gasteiger partial charge in [-0.2, -0.15) is 0 Å². The maximum Gasteiger partial charge on any atom is 0.573 e. The molecule has 0 amide bonds. The molecule has 7 heteroatoms. The zero-order chi connectivity index (χ0) is 27.3. The fourth-order valence-electron chi connectivity index (χ4n) is 4.12. The Bertz CT molecular complexity index is 1470. The molecular formula is C31H24F6O. The van der Waals surface area contributed by atoms with Crippen molar-refractivity contribution in [2.75, 3.05) is 0 Å². The standard InChI is InChI=1S/C31H24F6O/c1-2-3-4-20-5-7-21(8-6-20)9-10-22-12-16-26-25(17-22)15-14-24(29(26)34)13-11-23-18-27(32)30(28(33)19-23)38-31(35,36)37/h5-8,12,14-19H,2-4,9-10H2,1H3. The van der Waals surface area contributed by atoms with Crippen LogP contribution in [0.25, 0.3) is 10.8 Å². The SMILES string of the molecule is CCCCc1ccc(CCc2ccc3c(F)c(C#Cc4cc(F)c(OC(F)(F)F)c(F)c4)ccc3c2)cc1. The molecule has 0 bridgehead atoms. The van der Waals surface area contributed by atoms with E-state index >= 15 is 4.39 Å². The van der Waals surface area contributed by atoms with Gasteiger partial charge in [0.25, 0.3) is 0 Å². The molecule has 196 valence electrons. The zero-order valence-electron chi connectivity index (χ0n) is 20.6. The fraction of sp³-hybridized carbons (Fsp3) is 0.226. The minimum absolute atomic E-state index is 0.00940. The van der Waals surface area contributed by atoms with Gasteiger partial charge in [-0.3, -0.25) is 0 Å². The van der Waals surface area contributed by atoms with Crippen molar-refractivity contribution >= 4 is 10.8 Å². The molecule has 0 aromatic heterocycles. The first kappa shape index (κ1) is 27.1. The lowest BCUT2D eigenvalue weighted by molar-refractivity contribution is -0.276. The molecule has 0 saturated carbocycles. The molecule has 4 aromatic carbocycles. The Morgan fingerprint density at radius 2 is 1.32 bits per heavy atom. The monoisotopic (exact) mass is 526 g/mol. The van der Waals surface area contributed by atoms with E-state index in [-0.39, 0.29) is 11.1 Å². The highest BCUT2D eigenvalue weighted by atomic mass is 19.4. The second-order valence-electron chi connectivity index (χ2n) is 8.97. The topological polar surface area (TPSA) is 9.23 Å². The summed E-state index contributed by atoms with van der Waals surface area (Å²) in [7, 11) is 0. The van der Waals surface area contributed by atoms with Crippen LogP contribution in [0.3, 0.4) is 0 Å². The van der Waals surface area contributed by atoms with Gasteiger partial charge in [-0.15, -0.1) is 13.2 Å². The fourth-order valence-corrected chi connectivity index (χ4v) is 4.12. The first-order chi connectivity index (χ1) is 18.1. The van der Waals surface area contributed by atoms with Crippen molar-refractivity contribution in [3.63, 3.8) is 0 Å². The van der Waals surface area contributed by atoms with Gasteiger partial charge in [-0.05, 0) is 66.0 Å². The average molecular weight is 527 g/mol. The molecular weight excluding hydrogens is 502 g/mol. The van der Waals surface area contributed by atoms with Crippen LogP contribution in [0.4, 0.5) is 26.3 Å². The van der Waals surface area contributed by atoms with Gasteiger partial charge in [0.15, 0.2) is 11.6 Å². The predicted molar refractivity (Wildman–Crippen MR) is 135 cm³/mol. The lowest BCUT2D eigenvalue weighted by Gasteiger charge is -2.10. The van der Waals surface area contributed by atoms with Gasteiger partial charge in [-0.1, -0.05) is 73.7 Å². The molecule has 0 atom stereocenters. The van der Waals surface area contributed by atoms with Crippen molar-refractivity contribution in [3.8, 4) is 17.6 Å². The summed E-state index contributed by atoms with van der Waals surface area (Å²) in [6, 6.07) is 18.4. The summed E-state index contributed by atoms with van der Waals surface area (Å²) >= 11 is 0. The number of ether oxygens (including phenoxy) is 1. The minimum atomic E-state index is -5.25. The van der Waals surface area contributed by atoms with Crippen LogP contribution in [0.15, 0.2) is 66.7 Å². The Hall–Kier alpha value is -3.92. The van der Waals surface area contributed by atoms with Gasteiger partial charge >= 0.3 is 6.36 Å². The number of aryl methyl sites for hydroxylation is 3. The summed E-state index contributed by atoms with van der Waals surface area (Å²) in [5, 5.41) is 1.03. The van der Waals surface area contributed by atoms with Crippen molar-refractivity contribution in [1.29, 1.82) is 0 Å². The Balaban J connectivity index is 1.48. The third-order valence-electron chi connectivity index (χ3n) is 6.12. The van der Waals surface area contributed by atoms with E-state index in [1.807, 2.05) is 12.1 Å². The summed E-state index contributed by atoms with van der Waals surface area (Å²) in [6.45, 7) is 2.17. The summed E-state index contributed by atoms with van der Waals surface area (Å²) in [4.78, 5) is 0. The van der Waals surface area contributed by atoms with Crippen LogP contribution < -0.4 is 4.74 Å². The predicted octanol–water partition coefficient (Wildman–Crippen LogP) is 8.68. The van der Waals surface area contributed by atoms with Crippen molar-refractivity contribution in [2.24, 2.45) is 0 Å². The van der Waals surface area contributed by atoms with Gasteiger partial charge in [0.2, 0.25) is 5.75 Å². The molecule has 4 aromatic rings. The van der Waals surface area contributed by atoms with E-state index in [4.69, 9.17) is 0 Å². The van der Waals surface area contributed by atoms with Crippen LogP contribution in [0.1, 0.15) is 47.6 Å². The quantitative estimate of drug-likeness (QED) is 0.173. The molecule has 0 unspecified atom stereocenters. The van der Waals surface area contributed by atoms with Crippen molar-refractivity contribution in [1.82, 2.24) is 0 Å². The number of halogens is 6. The van der Waals surface area contributed by atoms with E-state index in [0.29, 0.717) is 22.9 Å². The number of benzene rings is 4. The van der Waals surface area contributed by atoms with Crippen LogP contribution in [-0.2, 0) is 19.3 Å². The summed E-state index contributed by atoms with van der Waals surface area (Å²) in [5.74, 6) is -0.397. The normalized spacial score (nSPS) is 11.3. The van der Waals surface area contributed by atoms with Gasteiger partial charge in [0, 0.05) is 10.9 Å². The minimum Gasteiger partial charge on any atom is -0.399 e. The average Bonchev–Trinajstić information content (AvgIpc) is 2.88. The van der Waals surface area contributed by atoms with Crippen LogP contribution in [0, 0.1) is 29.3 Å². The molecule has 1 nitrogen and oxygen atoms in total. The summed E-state index contributed by atoms with van der Waals surface area (Å²) in [5.41, 5.74) is 3.34. The van der Waals surface area contributed by atoms with Gasteiger partial charge < -0.3 is 4.74 Å². The molecule has 0 N–H and O–H groups in total. The third-order valence-corrected chi connectivity index (χ3v) is 6.12.